The maximum Gasteiger partial charge on any atom is 0.255 e. The molecular weight excluding hydrogens is 361 g/mol. The van der Waals surface area contributed by atoms with Crippen LogP contribution in [0.3, 0.4) is 0 Å². The minimum absolute atomic E-state index is 0.0728. The van der Waals surface area contributed by atoms with Crippen molar-refractivity contribution in [3.05, 3.63) is 47.3 Å². The highest BCUT2D eigenvalue weighted by Gasteiger charge is 2.16. The Hall–Kier alpha value is -2.25. The van der Waals surface area contributed by atoms with E-state index in [9.17, 15) is 9.18 Å². The molecule has 1 amide bonds. The summed E-state index contributed by atoms with van der Waals surface area (Å²) >= 11 is 5.87. The van der Waals surface area contributed by atoms with Gasteiger partial charge in [0, 0.05) is 19.3 Å². The number of hydrogen-bond donors (Lipinski definition) is 1. The quantitative estimate of drug-likeness (QED) is 0.810. The van der Waals surface area contributed by atoms with Crippen LogP contribution in [0.15, 0.2) is 30.7 Å². The molecule has 2 aromatic rings. The van der Waals surface area contributed by atoms with E-state index in [4.69, 9.17) is 21.1 Å². The number of aromatic nitrogens is 2. The molecule has 0 spiro atoms. The lowest BCUT2D eigenvalue weighted by molar-refractivity contribution is 0.0940. The van der Waals surface area contributed by atoms with Gasteiger partial charge in [-0.15, -0.1) is 0 Å². The lowest BCUT2D eigenvalue weighted by Gasteiger charge is -2.13. The highest BCUT2D eigenvalue weighted by atomic mass is 35.5. The summed E-state index contributed by atoms with van der Waals surface area (Å²) in [6.07, 6.45) is 5.19. The number of hydrogen-bond acceptors (Lipinski definition) is 5. The highest BCUT2D eigenvalue weighted by Crippen LogP contribution is 2.29. The minimum atomic E-state index is -0.535. The molecule has 1 aromatic heterocycles. The molecule has 140 valence electrons. The van der Waals surface area contributed by atoms with Crippen LogP contribution in [0.1, 0.15) is 37.0 Å². The number of rotatable bonds is 4. The summed E-state index contributed by atoms with van der Waals surface area (Å²) in [5.41, 5.74) is 0.0728. The third-order valence-corrected chi connectivity index (χ3v) is 3.57. The molecule has 2 heterocycles. The van der Waals surface area contributed by atoms with E-state index in [0.29, 0.717) is 0 Å². The van der Waals surface area contributed by atoms with E-state index in [1.54, 1.807) is 13.8 Å². The van der Waals surface area contributed by atoms with Crippen molar-refractivity contribution in [1.82, 2.24) is 15.3 Å². The smallest absolute Gasteiger partial charge is 0.255 e. The molecule has 1 fully saturated rings. The van der Waals surface area contributed by atoms with Gasteiger partial charge in [-0.2, -0.15) is 0 Å². The predicted molar refractivity (Wildman–Crippen MR) is 96.2 cm³/mol. The molecule has 3 rings (SSSR count). The Bertz CT molecular complexity index is 732. The van der Waals surface area contributed by atoms with E-state index in [2.05, 4.69) is 15.3 Å². The van der Waals surface area contributed by atoms with Gasteiger partial charge in [-0.3, -0.25) is 4.79 Å². The molecule has 1 aliphatic rings. The van der Waals surface area contributed by atoms with E-state index in [1.165, 1.54) is 37.5 Å². The van der Waals surface area contributed by atoms with Crippen LogP contribution in [0.5, 0.6) is 11.5 Å². The maximum atomic E-state index is 13.4. The molecule has 0 aliphatic carbocycles. The number of nitrogens with zero attached hydrogens (tertiary/aromatic N) is 2. The molecule has 8 heteroatoms. The van der Waals surface area contributed by atoms with E-state index < -0.39 is 11.7 Å². The fourth-order valence-corrected chi connectivity index (χ4v) is 2.24. The number of carbonyl (C=O) groups excluding carboxylic acids is 1. The number of amides is 1. The second-order valence-corrected chi connectivity index (χ2v) is 6.23. The van der Waals surface area contributed by atoms with Crippen LogP contribution in [0, 0.1) is 5.82 Å². The van der Waals surface area contributed by atoms with Gasteiger partial charge in [0.15, 0.2) is 10.9 Å². The van der Waals surface area contributed by atoms with Crippen molar-refractivity contribution in [2.24, 2.45) is 0 Å². The minimum Gasteiger partial charge on any atom is -0.452 e. The molecule has 1 aromatic carbocycles. The van der Waals surface area contributed by atoms with E-state index in [1.807, 2.05) is 0 Å². The summed E-state index contributed by atoms with van der Waals surface area (Å²) in [4.78, 5) is 19.6. The number of benzene rings is 1. The summed E-state index contributed by atoms with van der Waals surface area (Å²) < 4.78 is 23.8. The van der Waals surface area contributed by atoms with E-state index >= 15 is 0 Å². The predicted octanol–water partition coefficient (Wildman–Crippen LogP) is 4.00. The van der Waals surface area contributed by atoms with Crippen molar-refractivity contribution in [2.45, 2.75) is 32.7 Å². The number of nitrogens with one attached hydrogen (secondary N) is 1. The zero-order valence-corrected chi connectivity index (χ0v) is 15.4. The summed E-state index contributed by atoms with van der Waals surface area (Å²) in [6, 6.07) is 3.56. The fraction of sp³-hybridized carbons (Fsp3) is 0.389. The second kappa shape index (κ2) is 10.0. The first-order valence-electron chi connectivity index (χ1n) is 8.29. The number of ether oxygens (including phenoxy) is 2. The van der Waals surface area contributed by atoms with Crippen LogP contribution < -0.4 is 10.1 Å². The van der Waals surface area contributed by atoms with Crippen LogP contribution in [-0.2, 0) is 4.74 Å². The maximum absolute atomic E-state index is 13.4. The average molecular weight is 382 g/mol. The Kier molecular flexibility index (Phi) is 7.74. The highest BCUT2D eigenvalue weighted by molar-refractivity contribution is 6.30. The van der Waals surface area contributed by atoms with Crippen LogP contribution in [-0.4, -0.2) is 35.1 Å². The van der Waals surface area contributed by atoms with Gasteiger partial charge in [0.1, 0.15) is 17.9 Å². The SMILES string of the molecule is C1CCOC1.CC(C)NC(=O)c1cc(F)ccc1Oc1cncnc1Cl. The molecule has 1 saturated heterocycles. The lowest BCUT2D eigenvalue weighted by atomic mass is 10.1. The summed E-state index contributed by atoms with van der Waals surface area (Å²) in [7, 11) is 0. The molecule has 6 nitrogen and oxygen atoms in total. The van der Waals surface area contributed by atoms with Gasteiger partial charge in [-0.25, -0.2) is 14.4 Å². The molecule has 0 saturated carbocycles. The van der Waals surface area contributed by atoms with Gasteiger partial charge in [-0.1, -0.05) is 11.6 Å². The van der Waals surface area contributed by atoms with Gasteiger partial charge in [0.25, 0.3) is 5.91 Å². The van der Waals surface area contributed by atoms with Crippen LogP contribution >= 0.6 is 11.6 Å². The van der Waals surface area contributed by atoms with Gasteiger partial charge >= 0.3 is 0 Å². The molecule has 0 atom stereocenters. The second-order valence-electron chi connectivity index (χ2n) is 5.87. The number of halogens is 2. The first kappa shape index (κ1) is 20.1. The van der Waals surface area contributed by atoms with Gasteiger partial charge in [-0.05, 0) is 44.9 Å². The zero-order valence-electron chi connectivity index (χ0n) is 14.7. The van der Waals surface area contributed by atoms with Gasteiger partial charge in [0.05, 0.1) is 11.8 Å². The van der Waals surface area contributed by atoms with Crippen LogP contribution in [0.25, 0.3) is 0 Å². The lowest BCUT2D eigenvalue weighted by Crippen LogP contribution is -2.30. The molecule has 1 N–H and O–H groups in total. The van der Waals surface area contributed by atoms with Crippen molar-refractivity contribution in [3.63, 3.8) is 0 Å². The molecule has 0 radical (unpaired) electrons. The molecule has 0 bridgehead atoms. The van der Waals surface area contributed by atoms with Crippen molar-refractivity contribution < 1.29 is 18.7 Å². The zero-order chi connectivity index (χ0) is 18.9. The summed E-state index contributed by atoms with van der Waals surface area (Å²) in [5, 5.41) is 2.78. The van der Waals surface area contributed by atoms with Crippen molar-refractivity contribution in [1.29, 1.82) is 0 Å². The van der Waals surface area contributed by atoms with Crippen LogP contribution in [0.2, 0.25) is 5.15 Å². The average Bonchev–Trinajstić information content (AvgIpc) is 3.17. The topological polar surface area (TPSA) is 73.3 Å². The first-order chi connectivity index (χ1) is 12.5. The van der Waals surface area contributed by atoms with Crippen molar-refractivity contribution >= 4 is 17.5 Å². The molecular formula is C18H21ClFN3O3. The van der Waals surface area contributed by atoms with E-state index in [0.717, 1.165) is 19.3 Å². The monoisotopic (exact) mass is 381 g/mol. The molecule has 1 aliphatic heterocycles. The molecule has 26 heavy (non-hydrogen) atoms. The van der Waals surface area contributed by atoms with Gasteiger partial charge in [0.2, 0.25) is 0 Å². The normalized spacial score (nSPS) is 13.1. The third kappa shape index (κ3) is 6.24. The Balaban J connectivity index is 0.000000417. The van der Waals surface area contributed by atoms with Crippen molar-refractivity contribution in [2.75, 3.05) is 13.2 Å². The molecule has 0 unspecified atom stereocenters. The Morgan fingerprint density at radius 1 is 1.31 bits per heavy atom. The standard InChI is InChI=1S/C14H13ClFN3O2.C4H8O/c1-8(2)19-14(20)10-5-9(16)3-4-11(10)21-12-6-17-7-18-13(12)15;1-2-4-5-3-1/h3-8H,1-2H3,(H,19,20);1-4H2. The van der Waals surface area contributed by atoms with Crippen LogP contribution in [0.4, 0.5) is 4.39 Å². The largest absolute Gasteiger partial charge is 0.452 e. The third-order valence-electron chi connectivity index (χ3n) is 3.29. The summed E-state index contributed by atoms with van der Waals surface area (Å²) in [5.74, 6) is -0.616. The van der Waals surface area contributed by atoms with Crippen molar-refractivity contribution in [3.8, 4) is 11.5 Å². The Morgan fingerprint density at radius 3 is 2.62 bits per heavy atom. The number of carbonyl (C=O) groups is 1. The fourth-order valence-electron chi connectivity index (χ4n) is 2.11. The van der Waals surface area contributed by atoms with Gasteiger partial charge < -0.3 is 14.8 Å². The van der Waals surface area contributed by atoms with E-state index in [-0.39, 0.29) is 28.3 Å². The Labute approximate surface area is 156 Å². The summed E-state index contributed by atoms with van der Waals surface area (Å²) in [6.45, 7) is 5.61. The first-order valence-corrected chi connectivity index (χ1v) is 8.66. The Morgan fingerprint density at radius 2 is 2.04 bits per heavy atom.